The van der Waals surface area contributed by atoms with E-state index >= 15 is 0 Å². The largest absolute Gasteiger partial charge is 0.462 e. The van der Waals surface area contributed by atoms with Crippen LogP contribution in [-0.2, 0) is 4.74 Å². The number of hydrogen-bond acceptors (Lipinski definition) is 6. The van der Waals surface area contributed by atoms with Crippen LogP contribution >= 0.6 is 0 Å². The van der Waals surface area contributed by atoms with E-state index in [2.05, 4.69) is 10.2 Å². The lowest BCUT2D eigenvalue weighted by atomic mass is 10.1. The Labute approximate surface area is 108 Å². The van der Waals surface area contributed by atoms with Gasteiger partial charge in [-0.2, -0.15) is 10.2 Å². The predicted molar refractivity (Wildman–Crippen MR) is 66.9 cm³/mol. The zero-order valence-corrected chi connectivity index (χ0v) is 10.4. The SMILES string of the molecule is CCOC(=O)c1c(C)nnc2ccc([N+](=O)[O-])cc12. The molecule has 0 saturated carbocycles. The Morgan fingerprint density at radius 1 is 1.42 bits per heavy atom. The second-order valence-corrected chi connectivity index (χ2v) is 3.84. The lowest BCUT2D eigenvalue weighted by Crippen LogP contribution is -2.10. The van der Waals surface area contributed by atoms with Gasteiger partial charge in [-0.05, 0) is 19.9 Å². The fourth-order valence-corrected chi connectivity index (χ4v) is 1.76. The summed E-state index contributed by atoms with van der Waals surface area (Å²) in [7, 11) is 0. The molecule has 0 bridgehead atoms. The second kappa shape index (κ2) is 4.97. The molecule has 0 atom stereocenters. The van der Waals surface area contributed by atoms with Gasteiger partial charge in [-0.15, -0.1) is 0 Å². The van der Waals surface area contributed by atoms with Crippen molar-refractivity contribution in [1.29, 1.82) is 0 Å². The topological polar surface area (TPSA) is 95.2 Å². The summed E-state index contributed by atoms with van der Waals surface area (Å²) in [5, 5.41) is 18.9. The average Bonchev–Trinajstić information content (AvgIpc) is 2.37. The van der Waals surface area contributed by atoms with Gasteiger partial charge in [0.05, 0.1) is 28.3 Å². The molecule has 1 aromatic heterocycles. The zero-order valence-electron chi connectivity index (χ0n) is 10.4. The van der Waals surface area contributed by atoms with Crippen LogP contribution in [0.1, 0.15) is 23.0 Å². The van der Waals surface area contributed by atoms with E-state index in [4.69, 9.17) is 4.74 Å². The van der Waals surface area contributed by atoms with Crippen LogP contribution in [0, 0.1) is 17.0 Å². The molecule has 19 heavy (non-hydrogen) atoms. The Balaban J connectivity index is 2.71. The first kappa shape index (κ1) is 12.9. The van der Waals surface area contributed by atoms with E-state index in [1.54, 1.807) is 13.8 Å². The van der Waals surface area contributed by atoms with Crippen LogP contribution in [-0.4, -0.2) is 27.7 Å². The number of fused-ring (bicyclic) bond motifs is 1. The third kappa shape index (κ3) is 2.35. The summed E-state index contributed by atoms with van der Waals surface area (Å²) in [4.78, 5) is 22.2. The minimum Gasteiger partial charge on any atom is -0.462 e. The highest BCUT2D eigenvalue weighted by Gasteiger charge is 2.18. The molecule has 0 aliphatic heterocycles. The fourth-order valence-electron chi connectivity index (χ4n) is 1.76. The molecule has 0 fully saturated rings. The van der Waals surface area contributed by atoms with Gasteiger partial charge >= 0.3 is 5.97 Å². The van der Waals surface area contributed by atoms with Crippen molar-refractivity contribution in [3.05, 3.63) is 39.6 Å². The van der Waals surface area contributed by atoms with E-state index in [1.165, 1.54) is 18.2 Å². The molecule has 1 heterocycles. The standard InChI is InChI=1S/C12H11N3O4/c1-3-19-12(16)11-7(2)13-14-10-5-4-8(15(17)18)6-9(10)11/h4-6H,3H2,1-2H3. The molecular formula is C12H11N3O4. The highest BCUT2D eigenvalue weighted by atomic mass is 16.6. The van der Waals surface area contributed by atoms with Crippen molar-refractivity contribution in [1.82, 2.24) is 10.2 Å². The van der Waals surface area contributed by atoms with Gasteiger partial charge in [0.15, 0.2) is 0 Å². The van der Waals surface area contributed by atoms with Gasteiger partial charge in [0.1, 0.15) is 0 Å². The number of nitrogens with zero attached hydrogens (tertiary/aromatic N) is 3. The minimum atomic E-state index is -0.555. The Kier molecular flexibility index (Phi) is 3.37. The van der Waals surface area contributed by atoms with E-state index < -0.39 is 10.9 Å². The lowest BCUT2D eigenvalue weighted by Gasteiger charge is -2.07. The van der Waals surface area contributed by atoms with Gasteiger partial charge in [0.2, 0.25) is 0 Å². The maximum absolute atomic E-state index is 11.9. The van der Waals surface area contributed by atoms with Gasteiger partial charge in [-0.25, -0.2) is 4.79 Å². The van der Waals surface area contributed by atoms with Crippen LogP contribution in [0.5, 0.6) is 0 Å². The molecule has 0 aliphatic rings. The maximum atomic E-state index is 11.9. The van der Waals surface area contributed by atoms with E-state index in [0.717, 1.165) is 0 Å². The molecule has 98 valence electrons. The van der Waals surface area contributed by atoms with Gasteiger partial charge in [0, 0.05) is 17.5 Å². The van der Waals surface area contributed by atoms with E-state index in [1.807, 2.05) is 0 Å². The molecule has 0 saturated heterocycles. The summed E-state index contributed by atoms with van der Waals surface area (Å²) in [5.41, 5.74) is 0.909. The second-order valence-electron chi connectivity index (χ2n) is 3.84. The molecule has 0 N–H and O–H groups in total. The first-order valence-corrected chi connectivity index (χ1v) is 5.63. The van der Waals surface area contributed by atoms with Gasteiger partial charge in [-0.3, -0.25) is 10.1 Å². The molecule has 2 rings (SSSR count). The normalized spacial score (nSPS) is 10.4. The first-order chi connectivity index (χ1) is 9.04. The zero-order chi connectivity index (χ0) is 14.0. The fraction of sp³-hybridized carbons (Fsp3) is 0.250. The Morgan fingerprint density at radius 2 is 2.16 bits per heavy atom. The van der Waals surface area contributed by atoms with Crippen molar-refractivity contribution in [3.63, 3.8) is 0 Å². The number of aromatic nitrogens is 2. The molecule has 7 heteroatoms. The van der Waals surface area contributed by atoms with Crippen LogP contribution in [0.4, 0.5) is 5.69 Å². The average molecular weight is 261 g/mol. The summed E-state index contributed by atoms with van der Waals surface area (Å²) in [6, 6.07) is 4.09. The molecule has 0 aliphatic carbocycles. The number of ether oxygens (including phenoxy) is 1. The summed E-state index contributed by atoms with van der Waals surface area (Å²) >= 11 is 0. The molecular weight excluding hydrogens is 250 g/mol. The minimum absolute atomic E-state index is 0.106. The highest BCUT2D eigenvalue weighted by molar-refractivity contribution is 6.04. The Hall–Kier alpha value is -2.57. The number of benzene rings is 1. The number of carbonyl (C=O) groups is 1. The monoisotopic (exact) mass is 261 g/mol. The Morgan fingerprint density at radius 3 is 2.79 bits per heavy atom. The third-order valence-corrected chi connectivity index (χ3v) is 2.61. The molecule has 0 spiro atoms. The highest BCUT2D eigenvalue weighted by Crippen LogP contribution is 2.24. The summed E-state index contributed by atoms with van der Waals surface area (Å²) in [6.07, 6.45) is 0. The summed E-state index contributed by atoms with van der Waals surface area (Å²) in [6.45, 7) is 3.51. The number of nitro groups is 1. The number of nitro benzene ring substituents is 1. The van der Waals surface area contributed by atoms with E-state index in [0.29, 0.717) is 16.6 Å². The smallest absolute Gasteiger partial charge is 0.340 e. The van der Waals surface area contributed by atoms with Crippen molar-refractivity contribution in [2.45, 2.75) is 13.8 Å². The van der Waals surface area contributed by atoms with Crippen LogP contribution in [0.25, 0.3) is 10.9 Å². The number of carbonyl (C=O) groups excluding carboxylic acids is 1. The molecule has 2 aromatic rings. The third-order valence-electron chi connectivity index (χ3n) is 2.61. The number of rotatable bonds is 3. The van der Waals surface area contributed by atoms with Gasteiger partial charge < -0.3 is 4.74 Å². The quantitative estimate of drug-likeness (QED) is 0.476. The maximum Gasteiger partial charge on any atom is 0.340 e. The molecule has 0 amide bonds. The lowest BCUT2D eigenvalue weighted by molar-refractivity contribution is -0.384. The Bertz CT molecular complexity index is 669. The number of non-ortho nitro benzene ring substituents is 1. The first-order valence-electron chi connectivity index (χ1n) is 5.63. The molecule has 0 radical (unpaired) electrons. The van der Waals surface area contributed by atoms with Crippen molar-refractivity contribution < 1.29 is 14.5 Å². The van der Waals surface area contributed by atoms with Crippen molar-refractivity contribution in [3.8, 4) is 0 Å². The van der Waals surface area contributed by atoms with E-state index in [-0.39, 0.29) is 17.9 Å². The van der Waals surface area contributed by atoms with Crippen molar-refractivity contribution >= 4 is 22.6 Å². The van der Waals surface area contributed by atoms with Crippen LogP contribution in [0.3, 0.4) is 0 Å². The van der Waals surface area contributed by atoms with Crippen molar-refractivity contribution in [2.24, 2.45) is 0 Å². The molecule has 0 unspecified atom stereocenters. The summed E-state index contributed by atoms with van der Waals surface area (Å²) < 4.78 is 4.94. The van der Waals surface area contributed by atoms with Gasteiger partial charge in [0.25, 0.3) is 5.69 Å². The van der Waals surface area contributed by atoms with Crippen LogP contribution in [0.2, 0.25) is 0 Å². The van der Waals surface area contributed by atoms with E-state index in [9.17, 15) is 14.9 Å². The number of hydrogen-bond donors (Lipinski definition) is 0. The van der Waals surface area contributed by atoms with Gasteiger partial charge in [-0.1, -0.05) is 0 Å². The number of aryl methyl sites for hydroxylation is 1. The van der Waals surface area contributed by atoms with Crippen LogP contribution in [0.15, 0.2) is 18.2 Å². The van der Waals surface area contributed by atoms with Crippen LogP contribution < -0.4 is 0 Å². The molecule has 7 nitrogen and oxygen atoms in total. The summed E-state index contributed by atoms with van der Waals surface area (Å²) in [5.74, 6) is -0.555. The predicted octanol–water partition coefficient (Wildman–Crippen LogP) is 2.02. The van der Waals surface area contributed by atoms with Crippen molar-refractivity contribution in [2.75, 3.05) is 6.61 Å². The number of esters is 1. The molecule has 1 aromatic carbocycles.